The van der Waals surface area contributed by atoms with E-state index in [1.807, 2.05) is 24.3 Å². The van der Waals surface area contributed by atoms with Crippen LogP contribution in [0.5, 0.6) is 5.75 Å². The van der Waals surface area contributed by atoms with Gasteiger partial charge < -0.3 is 10.5 Å². The number of H-pyrrole nitrogens is 1. The highest BCUT2D eigenvalue weighted by atomic mass is 16.5. The number of nitrogen functional groups attached to an aromatic ring is 1. The zero-order valence-corrected chi connectivity index (χ0v) is 10.4. The van der Waals surface area contributed by atoms with Crippen LogP contribution < -0.4 is 10.5 Å². The lowest BCUT2D eigenvalue weighted by atomic mass is 10.0. The Morgan fingerprint density at radius 2 is 2.06 bits per heavy atom. The number of hydrogen-bond donors (Lipinski definition) is 2. The van der Waals surface area contributed by atoms with Crippen LogP contribution in [0, 0.1) is 5.92 Å². The molecule has 1 aromatic heterocycles. The summed E-state index contributed by atoms with van der Waals surface area (Å²) in [6.45, 7) is 0. The third-order valence-corrected chi connectivity index (χ3v) is 3.44. The normalized spacial score (nSPS) is 14.7. The Bertz CT molecular complexity index is 541. The average Bonchev–Trinajstić information content (AvgIpc) is 3.13. The second kappa shape index (κ2) is 4.37. The van der Waals surface area contributed by atoms with Crippen molar-refractivity contribution < 1.29 is 4.74 Å². The van der Waals surface area contributed by atoms with Crippen molar-refractivity contribution in [3.63, 3.8) is 0 Å². The third kappa shape index (κ3) is 2.06. The van der Waals surface area contributed by atoms with E-state index in [1.54, 1.807) is 7.11 Å². The number of hydrogen-bond acceptors (Lipinski definition) is 3. The van der Waals surface area contributed by atoms with Crippen molar-refractivity contribution in [3.05, 3.63) is 30.0 Å². The summed E-state index contributed by atoms with van der Waals surface area (Å²) in [6, 6.07) is 7.94. The molecule has 4 heteroatoms. The van der Waals surface area contributed by atoms with Crippen LogP contribution in [-0.2, 0) is 6.42 Å². The fourth-order valence-corrected chi connectivity index (χ4v) is 2.23. The van der Waals surface area contributed by atoms with Crippen LogP contribution in [0.3, 0.4) is 0 Å². The Morgan fingerprint density at radius 1 is 1.33 bits per heavy atom. The van der Waals surface area contributed by atoms with Gasteiger partial charge in [0.2, 0.25) is 0 Å². The van der Waals surface area contributed by atoms with Gasteiger partial charge in [-0.1, -0.05) is 12.1 Å². The summed E-state index contributed by atoms with van der Waals surface area (Å²) in [5.41, 5.74) is 9.26. The highest BCUT2D eigenvalue weighted by molar-refractivity contribution is 5.76. The van der Waals surface area contributed by atoms with Gasteiger partial charge in [0, 0.05) is 11.3 Å². The molecule has 3 N–H and O–H groups in total. The van der Waals surface area contributed by atoms with Crippen LogP contribution in [0.4, 0.5) is 5.82 Å². The number of nitrogens with one attached hydrogen (secondary N) is 1. The summed E-state index contributed by atoms with van der Waals surface area (Å²) >= 11 is 0. The molecule has 0 aliphatic heterocycles. The van der Waals surface area contributed by atoms with Gasteiger partial charge >= 0.3 is 0 Å². The van der Waals surface area contributed by atoms with E-state index in [-0.39, 0.29) is 0 Å². The van der Waals surface area contributed by atoms with E-state index in [0.29, 0.717) is 5.82 Å². The molecule has 1 heterocycles. The number of nitrogens with zero attached hydrogens (tertiary/aromatic N) is 1. The topological polar surface area (TPSA) is 63.9 Å². The van der Waals surface area contributed by atoms with Crippen LogP contribution in [0.15, 0.2) is 24.3 Å². The van der Waals surface area contributed by atoms with Crippen LogP contribution in [0.25, 0.3) is 11.1 Å². The van der Waals surface area contributed by atoms with Gasteiger partial charge in [0.15, 0.2) is 5.82 Å². The number of ether oxygens (including phenoxy) is 1. The quantitative estimate of drug-likeness (QED) is 0.867. The molecule has 0 radical (unpaired) electrons. The molecule has 1 aliphatic rings. The fourth-order valence-electron chi connectivity index (χ4n) is 2.23. The first-order chi connectivity index (χ1) is 8.78. The smallest absolute Gasteiger partial charge is 0.153 e. The van der Waals surface area contributed by atoms with Gasteiger partial charge in [-0.25, -0.2) is 0 Å². The van der Waals surface area contributed by atoms with E-state index in [9.17, 15) is 0 Å². The van der Waals surface area contributed by atoms with E-state index in [2.05, 4.69) is 10.2 Å². The summed E-state index contributed by atoms with van der Waals surface area (Å²) in [6.07, 6.45) is 3.69. The van der Waals surface area contributed by atoms with Crippen molar-refractivity contribution in [2.45, 2.75) is 19.3 Å². The third-order valence-electron chi connectivity index (χ3n) is 3.44. The molecular formula is C14H17N3O. The van der Waals surface area contributed by atoms with E-state index in [4.69, 9.17) is 10.5 Å². The molecule has 94 valence electrons. The molecule has 1 fully saturated rings. The molecule has 0 atom stereocenters. The fraction of sp³-hybridized carbons (Fsp3) is 0.357. The van der Waals surface area contributed by atoms with Gasteiger partial charge in [0.25, 0.3) is 0 Å². The molecule has 18 heavy (non-hydrogen) atoms. The maximum atomic E-state index is 5.97. The first kappa shape index (κ1) is 11.1. The molecular weight excluding hydrogens is 226 g/mol. The van der Waals surface area contributed by atoms with Crippen molar-refractivity contribution in [2.24, 2.45) is 5.92 Å². The molecule has 4 nitrogen and oxygen atoms in total. The summed E-state index contributed by atoms with van der Waals surface area (Å²) in [7, 11) is 1.67. The van der Waals surface area contributed by atoms with Crippen molar-refractivity contribution in [2.75, 3.05) is 12.8 Å². The number of anilines is 1. The van der Waals surface area contributed by atoms with Crippen molar-refractivity contribution >= 4 is 5.82 Å². The van der Waals surface area contributed by atoms with Gasteiger partial charge in [0.05, 0.1) is 7.11 Å². The minimum atomic E-state index is 0.579. The maximum Gasteiger partial charge on any atom is 0.153 e. The summed E-state index contributed by atoms with van der Waals surface area (Å²) in [4.78, 5) is 0. The van der Waals surface area contributed by atoms with Gasteiger partial charge in [-0.15, -0.1) is 0 Å². The lowest BCUT2D eigenvalue weighted by Gasteiger charge is -2.05. The standard InChI is InChI=1S/C14H17N3O/c1-18-11-6-4-10(5-7-11)13-12(8-9-2-3-9)16-17-14(13)15/h4-7,9H,2-3,8H2,1H3,(H3,15,16,17). The number of aromatic amines is 1. The Morgan fingerprint density at radius 3 is 2.67 bits per heavy atom. The Labute approximate surface area is 106 Å². The largest absolute Gasteiger partial charge is 0.497 e. The van der Waals surface area contributed by atoms with Gasteiger partial charge in [-0.3, -0.25) is 5.10 Å². The zero-order valence-electron chi connectivity index (χ0n) is 10.4. The highest BCUT2D eigenvalue weighted by Crippen LogP contribution is 2.37. The molecule has 0 unspecified atom stereocenters. The minimum absolute atomic E-state index is 0.579. The van der Waals surface area contributed by atoms with E-state index in [1.165, 1.54) is 12.8 Å². The van der Waals surface area contributed by atoms with E-state index in [0.717, 1.165) is 34.9 Å². The lowest BCUT2D eigenvalue weighted by molar-refractivity contribution is 0.415. The highest BCUT2D eigenvalue weighted by Gasteiger charge is 2.25. The predicted molar refractivity (Wildman–Crippen MR) is 71.4 cm³/mol. The summed E-state index contributed by atoms with van der Waals surface area (Å²) < 4.78 is 5.17. The lowest BCUT2D eigenvalue weighted by Crippen LogP contribution is -1.93. The van der Waals surface area contributed by atoms with Crippen molar-refractivity contribution in [1.82, 2.24) is 10.2 Å². The van der Waals surface area contributed by atoms with E-state index >= 15 is 0 Å². The van der Waals surface area contributed by atoms with Crippen molar-refractivity contribution in [1.29, 1.82) is 0 Å². The number of methoxy groups -OCH3 is 1. The first-order valence-corrected chi connectivity index (χ1v) is 6.25. The number of nitrogens with two attached hydrogens (primary N) is 1. The van der Waals surface area contributed by atoms with Crippen LogP contribution >= 0.6 is 0 Å². The number of benzene rings is 1. The second-order valence-electron chi connectivity index (χ2n) is 4.84. The molecule has 0 bridgehead atoms. The van der Waals surface area contributed by atoms with Gasteiger partial charge in [-0.05, 0) is 42.9 Å². The number of rotatable bonds is 4. The molecule has 0 amide bonds. The summed E-state index contributed by atoms with van der Waals surface area (Å²) in [5, 5.41) is 7.20. The summed E-state index contributed by atoms with van der Waals surface area (Å²) in [5.74, 6) is 2.24. The molecule has 3 rings (SSSR count). The monoisotopic (exact) mass is 243 g/mol. The maximum absolute atomic E-state index is 5.97. The molecule has 0 saturated heterocycles. The van der Waals surface area contributed by atoms with Gasteiger partial charge in [0.1, 0.15) is 5.75 Å². The van der Waals surface area contributed by atoms with E-state index < -0.39 is 0 Å². The Hall–Kier alpha value is -1.97. The minimum Gasteiger partial charge on any atom is -0.497 e. The SMILES string of the molecule is COc1ccc(-c2c(N)n[nH]c2CC2CC2)cc1. The first-order valence-electron chi connectivity index (χ1n) is 6.25. The average molecular weight is 243 g/mol. The Balaban J connectivity index is 1.95. The Kier molecular flexibility index (Phi) is 2.70. The molecule has 1 saturated carbocycles. The predicted octanol–water partition coefficient (Wildman–Crippen LogP) is 2.62. The second-order valence-corrected chi connectivity index (χ2v) is 4.84. The van der Waals surface area contributed by atoms with Crippen molar-refractivity contribution in [3.8, 4) is 16.9 Å². The molecule has 2 aromatic rings. The molecule has 0 spiro atoms. The van der Waals surface area contributed by atoms with Crippen LogP contribution in [0.2, 0.25) is 0 Å². The van der Waals surface area contributed by atoms with Crippen LogP contribution in [0.1, 0.15) is 18.5 Å². The zero-order chi connectivity index (χ0) is 12.5. The molecule has 1 aromatic carbocycles. The number of aromatic nitrogens is 2. The molecule has 1 aliphatic carbocycles. The van der Waals surface area contributed by atoms with Gasteiger partial charge in [-0.2, -0.15) is 5.10 Å². The van der Waals surface area contributed by atoms with Crippen LogP contribution in [-0.4, -0.2) is 17.3 Å².